The molecule has 0 aliphatic rings. The second-order valence-electron chi connectivity index (χ2n) is 5.42. The van der Waals surface area contributed by atoms with Gasteiger partial charge in [0.15, 0.2) is 0 Å². The molecule has 7 heteroatoms. The summed E-state index contributed by atoms with van der Waals surface area (Å²) < 4.78 is 12.1. The van der Waals surface area contributed by atoms with Crippen LogP contribution >= 0.6 is 0 Å². The fourth-order valence-corrected chi connectivity index (χ4v) is 2.37. The van der Waals surface area contributed by atoms with Crippen LogP contribution in [0.25, 0.3) is 11.0 Å². The number of ether oxygens (including phenoxy) is 2. The summed E-state index contributed by atoms with van der Waals surface area (Å²) in [4.78, 5) is 11.3. The quantitative estimate of drug-likeness (QED) is 0.797. The molecule has 0 bridgehead atoms. The maximum Gasteiger partial charge on any atom is 0.411 e. The van der Waals surface area contributed by atoms with Gasteiger partial charge in [0.1, 0.15) is 17.9 Å². The van der Waals surface area contributed by atoms with Gasteiger partial charge in [-0.1, -0.05) is 11.3 Å². The number of methoxy groups -OCH3 is 1. The highest BCUT2D eigenvalue weighted by atomic mass is 16.5. The summed E-state index contributed by atoms with van der Waals surface area (Å²) in [5.41, 5.74) is 4.41. The van der Waals surface area contributed by atoms with Crippen molar-refractivity contribution in [2.75, 3.05) is 12.4 Å². The first-order valence-electron chi connectivity index (χ1n) is 7.43. The van der Waals surface area contributed by atoms with E-state index >= 15 is 0 Å². The minimum absolute atomic E-state index is 0.426. The third-order valence-corrected chi connectivity index (χ3v) is 3.70. The van der Waals surface area contributed by atoms with E-state index in [4.69, 9.17) is 4.74 Å². The Bertz CT molecular complexity index is 889. The van der Waals surface area contributed by atoms with Crippen LogP contribution in [0.3, 0.4) is 0 Å². The van der Waals surface area contributed by atoms with E-state index in [1.54, 1.807) is 16.8 Å². The van der Waals surface area contributed by atoms with Crippen LogP contribution in [-0.4, -0.2) is 28.2 Å². The van der Waals surface area contributed by atoms with Crippen LogP contribution in [0.15, 0.2) is 36.4 Å². The maximum absolute atomic E-state index is 11.3. The van der Waals surface area contributed by atoms with Gasteiger partial charge in [0, 0.05) is 12.7 Å². The average Bonchev–Trinajstić information content (AvgIpc) is 2.95. The molecule has 0 spiro atoms. The van der Waals surface area contributed by atoms with E-state index in [1.807, 2.05) is 38.2 Å². The Hall–Kier alpha value is -3.09. The summed E-state index contributed by atoms with van der Waals surface area (Å²) in [6.07, 6.45) is -0.496. The molecule has 24 heavy (non-hydrogen) atoms. The number of benzene rings is 2. The van der Waals surface area contributed by atoms with Crippen molar-refractivity contribution in [2.45, 2.75) is 13.5 Å². The number of nitrogens with zero attached hydrogens (tertiary/aromatic N) is 3. The number of hydrogen-bond acceptors (Lipinski definition) is 5. The zero-order chi connectivity index (χ0) is 17.1. The average molecular weight is 326 g/mol. The predicted molar refractivity (Wildman–Crippen MR) is 90.0 cm³/mol. The molecule has 7 nitrogen and oxygen atoms in total. The number of carbonyl (C=O) groups excluding carboxylic acids is 1. The number of anilines is 1. The largest absolute Gasteiger partial charge is 0.489 e. The van der Waals surface area contributed by atoms with Gasteiger partial charge in [-0.25, -0.2) is 9.48 Å². The Morgan fingerprint density at radius 3 is 2.83 bits per heavy atom. The third kappa shape index (κ3) is 3.29. The van der Waals surface area contributed by atoms with Gasteiger partial charge in [-0.15, -0.1) is 5.10 Å². The number of nitrogens with one attached hydrogen (secondary N) is 1. The smallest absolute Gasteiger partial charge is 0.411 e. The summed E-state index contributed by atoms with van der Waals surface area (Å²) in [5, 5.41) is 10.7. The van der Waals surface area contributed by atoms with E-state index in [2.05, 4.69) is 20.4 Å². The molecule has 1 aromatic heterocycles. The first kappa shape index (κ1) is 15.8. The maximum atomic E-state index is 11.3. The van der Waals surface area contributed by atoms with E-state index in [0.29, 0.717) is 12.3 Å². The van der Waals surface area contributed by atoms with E-state index in [9.17, 15) is 4.79 Å². The molecule has 0 aliphatic heterocycles. The molecule has 2 aromatic carbocycles. The molecule has 3 aromatic rings. The van der Waals surface area contributed by atoms with Crippen molar-refractivity contribution >= 4 is 22.8 Å². The van der Waals surface area contributed by atoms with Crippen LogP contribution in [0.2, 0.25) is 0 Å². The molecule has 1 heterocycles. The number of aromatic nitrogens is 3. The standard InChI is InChI=1S/C17H18N4O3/c1-11-8-13(5-6-14(11)18-17(22)23-3)24-10-12-4-7-16-15(9-12)19-20-21(16)2/h4-9H,10H2,1-3H3,(H,18,22). The van der Waals surface area contributed by atoms with E-state index in [1.165, 1.54) is 7.11 Å². The van der Waals surface area contributed by atoms with Crippen molar-refractivity contribution in [2.24, 2.45) is 7.05 Å². The van der Waals surface area contributed by atoms with Crippen LogP contribution in [-0.2, 0) is 18.4 Å². The minimum Gasteiger partial charge on any atom is -0.489 e. The second-order valence-corrected chi connectivity index (χ2v) is 5.42. The number of carbonyl (C=O) groups is 1. The van der Waals surface area contributed by atoms with Crippen molar-refractivity contribution in [1.29, 1.82) is 0 Å². The number of hydrogen-bond donors (Lipinski definition) is 1. The van der Waals surface area contributed by atoms with Crippen LogP contribution < -0.4 is 10.1 Å². The van der Waals surface area contributed by atoms with Gasteiger partial charge in [0.25, 0.3) is 0 Å². The topological polar surface area (TPSA) is 78.3 Å². The summed E-state index contributed by atoms with van der Waals surface area (Å²) >= 11 is 0. The molecule has 0 radical (unpaired) electrons. The highest BCUT2D eigenvalue weighted by Crippen LogP contribution is 2.23. The number of amides is 1. The first-order chi connectivity index (χ1) is 11.6. The molecule has 0 aliphatic carbocycles. The molecule has 1 N–H and O–H groups in total. The van der Waals surface area contributed by atoms with Crippen molar-refractivity contribution in [3.8, 4) is 5.75 Å². The molecule has 0 unspecified atom stereocenters. The van der Waals surface area contributed by atoms with Gasteiger partial charge in [-0.3, -0.25) is 5.32 Å². The summed E-state index contributed by atoms with van der Waals surface area (Å²) in [6.45, 7) is 2.32. The van der Waals surface area contributed by atoms with Crippen molar-refractivity contribution in [3.05, 3.63) is 47.5 Å². The SMILES string of the molecule is COC(=O)Nc1ccc(OCc2ccc3c(c2)nnn3C)cc1C. The zero-order valence-electron chi connectivity index (χ0n) is 13.7. The molecule has 124 valence electrons. The minimum atomic E-state index is -0.496. The van der Waals surface area contributed by atoms with Crippen molar-refractivity contribution < 1.29 is 14.3 Å². The Labute approximate surface area is 139 Å². The lowest BCUT2D eigenvalue weighted by molar-refractivity contribution is 0.187. The summed E-state index contributed by atoms with van der Waals surface area (Å²) in [7, 11) is 3.19. The predicted octanol–water partition coefficient (Wildman–Crippen LogP) is 3.03. The fourth-order valence-electron chi connectivity index (χ4n) is 2.37. The summed E-state index contributed by atoms with van der Waals surface area (Å²) in [6, 6.07) is 11.4. The van der Waals surface area contributed by atoms with Gasteiger partial charge in [-0.2, -0.15) is 0 Å². The van der Waals surface area contributed by atoms with Crippen LogP contribution in [0, 0.1) is 6.92 Å². The molecule has 1 amide bonds. The van der Waals surface area contributed by atoms with Crippen molar-refractivity contribution in [3.63, 3.8) is 0 Å². The molecule has 0 fully saturated rings. The van der Waals surface area contributed by atoms with Crippen LogP contribution in [0.4, 0.5) is 10.5 Å². The number of fused-ring (bicyclic) bond motifs is 1. The van der Waals surface area contributed by atoms with E-state index in [-0.39, 0.29) is 0 Å². The monoisotopic (exact) mass is 326 g/mol. The van der Waals surface area contributed by atoms with Gasteiger partial charge in [0.2, 0.25) is 0 Å². The van der Waals surface area contributed by atoms with Gasteiger partial charge >= 0.3 is 6.09 Å². The van der Waals surface area contributed by atoms with Gasteiger partial charge < -0.3 is 9.47 Å². The summed E-state index contributed by atoms with van der Waals surface area (Å²) in [5.74, 6) is 0.724. The lowest BCUT2D eigenvalue weighted by atomic mass is 10.2. The Morgan fingerprint density at radius 2 is 2.08 bits per heavy atom. The third-order valence-electron chi connectivity index (χ3n) is 3.70. The number of rotatable bonds is 4. The lowest BCUT2D eigenvalue weighted by Gasteiger charge is -2.11. The van der Waals surface area contributed by atoms with Crippen LogP contribution in [0.1, 0.15) is 11.1 Å². The normalized spacial score (nSPS) is 10.6. The van der Waals surface area contributed by atoms with Gasteiger partial charge in [-0.05, 0) is 48.4 Å². The van der Waals surface area contributed by atoms with Gasteiger partial charge in [0.05, 0.1) is 12.6 Å². The zero-order valence-corrected chi connectivity index (χ0v) is 13.7. The molecule has 3 rings (SSSR count). The molecule has 0 saturated heterocycles. The Morgan fingerprint density at radius 1 is 1.25 bits per heavy atom. The van der Waals surface area contributed by atoms with Crippen LogP contribution in [0.5, 0.6) is 5.75 Å². The Kier molecular flexibility index (Phi) is 4.33. The lowest BCUT2D eigenvalue weighted by Crippen LogP contribution is -2.11. The van der Waals surface area contributed by atoms with Crippen molar-refractivity contribution in [1.82, 2.24) is 15.0 Å². The fraction of sp³-hybridized carbons (Fsp3) is 0.235. The number of aryl methyl sites for hydroxylation is 2. The second kappa shape index (κ2) is 6.57. The molecule has 0 saturated carbocycles. The molecule has 0 atom stereocenters. The highest BCUT2D eigenvalue weighted by Gasteiger charge is 2.06. The molecular weight excluding hydrogens is 308 g/mol. The first-order valence-corrected chi connectivity index (χ1v) is 7.43. The molecular formula is C17H18N4O3. The van der Waals surface area contributed by atoms with E-state index in [0.717, 1.165) is 27.9 Å². The Balaban J connectivity index is 1.69. The highest BCUT2D eigenvalue weighted by molar-refractivity contribution is 5.85. The van der Waals surface area contributed by atoms with E-state index < -0.39 is 6.09 Å².